The first-order chi connectivity index (χ1) is 4.66. The first-order valence-corrected chi connectivity index (χ1v) is 2.89. The smallest absolute Gasteiger partial charge is 0.206 e. The lowest BCUT2D eigenvalue weighted by atomic mass is 10.7. The van der Waals surface area contributed by atoms with E-state index in [4.69, 9.17) is 11.6 Å². The Morgan fingerprint density at radius 2 is 2.40 bits per heavy atom. The molecule has 0 spiro atoms. The summed E-state index contributed by atoms with van der Waals surface area (Å²) in [5.41, 5.74) is 0. The summed E-state index contributed by atoms with van der Waals surface area (Å²) in [6.07, 6.45) is 1.16. The van der Waals surface area contributed by atoms with Crippen molar-refractivity contribution in [2.75, 3.05) is 7.11 Å². The van der Waals surface area contributed by atoms with Crippen molar-refractivity contribution in [3.8, 4) is 0 Å². The molecular weight excluding hydrogens is 157 g/mol. The van der Waals surface area contributed by atoms with Crippen molar-refractivity contribution in [1.29, 1.82) is 0 Å². The van der Waals surface area contributed by atoms with Crippen LogP contribution in [0.25, 0.3) is 0 Å². The van der Waals surface area contributed by atoms with Crippen LogP contribution in [0.2, 0.25) is 0 Å². The third-order valence-electron chi connectivity index (χ3n) is 0.580. The predicted octanol–water partition coefficient (Wildman–Crippen LogP) is 2.21. The summed E-state index contributed by atoms with van der Waals surface area (Å²) in [5.74, 6) is 1.54. The maximum Gasteiger partial charge on any atom is 0.206 e. The lowest BCUT2D eigenvalue weighted by molar-refractivity contribution is 0.320. The van der Waals surface area contributed by atoms with Crippen LogP contribution in [0.15, 0.2) is 22.2 Å². The molecule has 0 aromatic rings. The molecule has 0 radical (unpaired) electrons. The SMILES string of the molecule is CO/C(Cl)=C\N=C=C(C)F. The van der Waals surface area contributed by atoms with Crippen molar-refractivity contribution in [3.63, 3.8) is 0 Å². The normalized spacial score (nSPS) is 10.2. The molecule has 0 aliphatic rings. The number of nitrogens with zero attached hydrogens (tertiary/aromatic N) is 1. The number of rotatable bonds is 2. The zero-order valence-electron chi connectivity index (χ0n) is 5.69. The molecule has 0 atom stereocenters. The fraction of sp³-hybridized carbons (Fsp3) is 0.333. The molecule has 0 aromatic carbocycles. The Morgan fingerprint density at radius 1 is 1.80 bits per heavy atom. The van der Waals surface area contributed by atoms with Gasteiger partial charge in [0.2, 0.25) is 5.22 Å². The Balaban J connectivity index is 4.07. The van der Waals surface area contributed by atoms with E-state index < -0.39 is 5.83 Å². The van der Waals surface area contributed by atoms with Gasteiger partial charge in [-0.1, -0.05) is 0 Å². The Labute approximate surface area is 63.7 Å². The molecule has 0 rings (SSSR count). The van der Waals surface area contributed by atoms with E-state index in [-0.39, 0.29) is 5.22 Å². The average molecular weight is 164 g/mol. The summed E-state index contributed by atoms with van der Waals surface area (Å²) in [4.78, 5) is 3.36. The van der Waals surface area contributed by atoms with Crippen LogP contribution in [0.5, 0.6) is 0 Å². The second-order valence-corrected chi connectivity index (χ2v) is 1.78. The van der Waals surface area contributed by atoms with Crippen LogP contribution in [0.4, 0.5) is 4.39 Å². The van der Waals surface area contributed by atoms with Gasteiger partial charge in [-0.3, -0.25) is 0 Å². The number of aliphatic imine (C=N–C) groups is 1. The standard InChI is InChI=1S/C6H7ClFNO/c1-5(8)3-9-4-6(7)10-2/h4H,1-2H3/b6-4-. The van der Waals surface area contributed by atoms with Crippen LogP contribution >= 0.6 is 11.6 Å². The van der Waals surface area contributed by atoms with Crippen LogP contribution in [0.1, 0.15) is 6.92 Å². The number of allylic oxidation sites excluding steroid dienone is 1. The molecule has 0 N–H and O–H groups in total. The van der Waals surface area contributed by atoms with E-state index in [9.17, 15) is 4.39 Å². The minimum absolute atomic E-state index is 0.0914. The van der Waals surface area contributed by atoms with Crippen molar-refractivity contribution in [3.05, 3.63) is 17.2 Å². The molecule has 0 heterocycles. The van der Waals surface area contributed by atoms with Crippen molar-refractivity contribution >= 4 is 17.5 Å². The number of ether oxygens (including phenoxy) is 1. The van der Waals surface area contributed by atoms with Gasteiger partial charge < -0.3 is 4.74 Å². The van der Waals surface area contributed by atoms with Gasteiger partial charge in [0.1, 0.15) is 0 Å². The fourth-order valence-electron chi connectivity index (χ4n) is 0.225. The minimum Gasteiger partial charge on any atom is -0.485 e. The van der Waals surface area contributed by atoms with Gasteiger partial charge in [-0.2, -0.15) is 0 Å². The maximum absolute atomic E-state index is 11.9. The zero-order chi connectivity index (χ0) is 7.98. The highest BCUT2D eigenvalue weighted by atomic mass is 35.5. The lowest BCUT2D eigenvalue weighted by Crippen LogP contribution is -1.72. The van der Waals surface area contributed by atoms with E-state index in [0.717, 1.165) is 6.20 Å². The molecule has 0 aliphatic carbocycles. The molecule has 4 heteroatoms. The second-order valence-electron chi connectivity index (χ2n) is 1.41. The van der Waals surface area contributed by atoms with Crippen LogP contribution in [0.3, 0.4) is 0 Å². The first-order valence-electron chi connectivity index (χ1n) is 2.51. The fourth-order valence-corrected chi connectivity index (χ4v) is 0.273. The largest absolute Gasteiger partial charge is 0.485 e. The molecule has 0 aliphatic heterocycles. The van der Waals surface area contributed by atoms with Gasteiger partial charge in [0.05, 0.1) is 13.3 Å². The summed E-state index contributed by atoms with van der Waals surface area (Å²) >= 11 is 5.32. The van der Waals surface area contributed by atoms with Crippen LogP contribution in [-0.4, -0.2) is 13.0 Å². The van der Waals surface area contributed by atoms with Gasteiger partial charge in [-0.15, -0.1) is 0 Å². The number of hydrogen-bond acceptors (Lipinski definition) is 2. The van der Waals surface area contributed by atoms with Crippen molar-refractivity contribution in [2.24, 2.45) is 4.99 Å². The van der Waals surface area contributed by atoms with Crippen molar-refractivity contribution in [1.82, 2.24) is 0 Å². The lowest BCUT2D eigenvalue weighted by Gasteiger charge is -1.88. The molecule has 0 amide bonds. The molecule has 0 fully saturated rings. The Morgan fingerprint density at radius 3 is 2.80 bits per heavy atom. The molecule has 0 bridgehead atoms. The van der Waals surface area contributed by atoms with E-state index >= 15 is 0 Å². The summed E-state index contributed by atoms with van der Waals surface area (Å²) in [7, 11) is 1.39. The highest BCUT2D eigenvalue weighted by molar-refractivity contribution is 6.28. The highest BCUT2D eigenvalue weighted by Gasteiger charge is 1.81. The molecule has 10 heavy (non-hydrogen) atoms. The topological polar surface area (TPSA) is 21.6 Å². The summed E-state index contributed by atoms with van der Waals surface area (Å²) in [5, 5.41) is 0.0914. The number of methoxy groups -OCH3 is 1. The van der Waals surface area contributed by atoms with Crippen molar-refractivity contribution < 1.29 is 9.13 Å². The summed E-state index contributed by atoms with van der Waals surface area (Å²) < 4.78 is 16.3. The third-order valence-corrected chi connectivity index (χ3v) is 0.832. The third kappa shape index (κ3) is 5.35. The second kappa shape index (κ2) is 5.03. The number of hydrogen-bond donors (Lipinski definition) is 0. The van der Waals surface area contributed by atoms with Gasteiger partial charge in [-0.05, 0) is 18.5 Å². The average Bonchev–Trinajstić information content (AvgIpc) is 1.87. The van der Waals surface area contributed by atoms with Crippen LogP contribution in [-0.2, 0) is 4.74 Å². The predicted molar refractivity (Wildman–Crippen MR) is 38.7 cm³/mol. The van der Waals surface area contributed by atoms with Crippen LogP contribution < -0.4 is 0 Å². The summed E-state index contributed by atoms with van der Waals surface area (Å²) in [6, 6.07) is 0. The molecule has 56 valence electrons. The van der Waals surface area contributed by atoms with Crippen LogP contribution in [0, 0.1) is 0 Å². The molecule has 0 saturated carbocycles. The van der Waals surface area contributed by atoms with Gasteiger partial charge in [0.25, 0.3) is 0 Å². The molecule has 0 saturated heterocycles. The van der Waals surface area contributed by atoms with E-state index in [0.29, 0.717) is 0 Å². The molecule has 0 unspecified atom stereocenters. The Hall–Kier alpha value is -0.790. The van der Waals surface area contributed by atoms with Gasteiger partial charge in [-0.25, -0.2) is 9.38 Å². The van der Waals surface area contributed by atoms with Gasteiger partial charge in [0.15, 0.2) is 5.83 Å². The Kier molecular flexibility index (Phi) is 4.63. The molecular formula is C6H7ClFNO. The quantitative estimate of drug-likeness (QED) is 0.452. The first kappa shape index (κ1) is 9.21. The Bertz CT molecular complexity index is 190. The zero-order valence-corrected chi connectivity index (χ0v) is 6.44. The molecule has 2 nitrogen and oxygen atoms in total. The van der Waals surface area contributed by atoms with Crippen molar-refractivity contribution in [2.45, 2.75) is 6.92 Å². The monoisotopic (exact) mass is 163 g/mol. The maximum atomic E-state index is 11.9. The van der Waals surface area contributed by atoms with E-state index in [1.54, 1.807) is 0 Å². The van der Waals surface area contributed by atoms with Gasteiger partial charge >= 0.3 is 0 Å². The van der Waals surface area contributed by atoms with Gasteiger partial charge in [0, 0.05) is 5.87 Å². The van der Waals surface area contributed by atoms with E-state index in [2.05, 4.69) is 9.73 Å². The van der Waals surface area contributed by atoms with E-state index in [1.807, 2.05) is 5.87 Å². The minimum atomic E-state index is -0.503. The highest BCUT2D eigenvalue weighted by Crippen LogP contribution is 1.99. The summed E-state index contributed by atoms with van der Waals surface area (Å²) in [6.45, 7) is 1.23. The van der Waals surface area contributed by atoms with E-state index in [1.165, 1.54) is 14.0 Å². The number of halogens is 2. The molecule has 0 aromatic heterocycles.